The molecule has 0 bridgehead atoms. The van der Waals surface area contributed by atoms with Crippen molar-refractivity contribution in [3.63, 3.8) is 0 Å². The number of hydrogen-bond acceptors (Lipinski definition) is 4. The summed E-state index contributed by atoms with van der Waals surface area (Å²) < 4.78 is 6.96. The van der Waals surface area contributed by atoms with Crippen LogP contribution < -0.4 is 0 Å². The minimum Gasteiger partial charge on any atom is -0.466 e. The Morgan fingerprint density at radius 2 is 2.04 bits per heavy atom. The SMILES string of the molecule is CCOC(=O)C1CCN(C(=O)CCn2ncc3cc(C)ccc32)CC1. The third-order valence-electron chi connectivity index (χ3n) is 4.80. The number of fused-ring (bicyclic) bond motifs is 1. The number of aromatic nitrogens is 2. The third-order valence-corrected chi connectivity index (χ3v) is 4.80. The van der Waals surface area contributed by atoms with Crippen LogP contribution in [0.4, 0.5) is 0 Å². The molecule has 1 aliphatic rings. The molecule has 1 aromatic heterocycles. The summed E-state index contributed by atoms with van der Waals surface area (Å²) in [5.74, 6) is -0.0757. The average Bonchev–Trinajstić information content (AvgIpc) is 3.02. The maximum absolute atomic E-state index is 12.5. The Kier molecular flexibility index (Phi) is 5.36. The number of piperidine rings is 1. The van der Waals surface area contributed by atoms with Gasteiger partial charge in [0.1, 0.15) is 0 Å². The fourth-order valence-electron chi connectivity index (χ4n) is 3.37. The highest BCUT2D eigenvalue weighted by Crippen LogP contribution is 2.20. The van der Waals surface area contributed by atoms with Gasteiger partial charge in [0.25, 0.3) is 0 Å². The van der Waals surface area contributed by atoms with Crippen LogP contribution >= 0.6 is 0 Å². The molecule has 25 heavy (non-hydrogen) atoms. The predicted molar refractivity (Wildman–Crippen MR) is 95.0 cm³/mol. The first-order chi connectivity index (χ1) is 12.1. The van der Waals surface area contributed by atoms with E-state index in [2.05, 4.69) is 24.2 Å². The van der Waals surface area contributed by atoms with E-state index in [9.17, 15) is 9.59 Å². The van der Waals surface area contributed by atoms with E-state index in [4.69, 9.17) is 4.74 Å². The van der Waals surface area contributed by atoms with Gasteiger partial charge in [0, 0.05) is 24.9 Å². The molecule has 3 rings (SSSR count). The van der Waals surface area contributed by atoms with Gasteiger partial charge in [-0.3, -0.25) is 14.3 Å². The molecule has 0 N–H and O–H groups in total. The Morgan fingerprint density at radius 1 is 1.28 bits per heavy atom. The van der Waals surface area contributed by atoms with Crippen LogP contribution in [-0.4, -0.2) is 46.3 Å². The Bertz CT molecular complexity index is 760. The molecule has 1 fully saturated rings. The predicted octanol–water partition coefficient (Wildman–Crippen LogP) is 2.54. The highest BCUT2D eigenvalue weighted by molar-refractivity contribution is 5.80. The number of rotatable bonds is 5. The van der Waals surface area contributed by atoms with Gasteiger partial charge in [-0.15, -0.1) is 0 Å². The van der Waals surface area contributed by atoms with E-state index in [-0.39, 0.29) is 17.8 Å². The van der Waals surface area contributed by atoms with Crippen LogP contribution in [0.5, 0.6) is 0 Å². The van der Waals surface area contributed by atoms with Crippen LogP contribution in [0.15, 0.2) is 24.4 Å². The number of ether oxygens (including phenoxy) is 1. The highest BCUT2D eigenvalue weighted by Gasteiger charge is 2.28. The zero-order valence-corrected chi connectivity index (χ0v) is 14.9. The summed E-state index contributed by atoms with van der Waals surface area (Å²) in [5.41, 5.74) is 2.26. The molecule has 0 saturated carbocycles. The summed E-state index contributed by atoms with van der Waals surface area (Å²) in [6, 6.07) is 6.20. The maximum atomic E-state index is 12.5. The molecule has 0 radical (unpaired) electrons. The number of esters is 1. The largest absolute Gasteiger partial charge is 0.466 e. The molecule has 0 aliphatic carbocycles. The minimum atomic E-state index is -0.132. The maximum Gasteiger partial charge on any atom is 0.309 e. The zero-order chi connectivity index (χ0) is 17.8. The standard InChI is InChI=1S/C19H25N3O3/c1-3-25-19(24)15-6-9-21(10-7-15)18(23)8-11-22-17-5-4-14(2)12-16(17)13-20-22/h4-5,12-13,15H,3,6-11H2,1-2H3. The fraction of sp³-hybridized carbons (Fsp3) is 0.526. The molecule has 1 saturated heterocycles. The Labute approximate surface area is 147 Å². The number of hydrogen-bond donors (Lipinski definition) is 0. The van der Waals surface area contributed by atoms with Crippen molar-refractivity contribution in [3.05, 3.63) is 30.0 Å². The molecule has 6 nitrogen and oxygen atoms in total. The number of carbonyl (C=O) groups excluding carboxylic acids is 2. The topological polar surface area (TPSA) is 64.4 Å². The van der Waals surface area contributed by atoms with Crippen molar-refractivity contribution < 1.29 is 14.3 Å². The highest BCUT2D eigenvalue weighted by atomic mass is 16.5. The first kappa shape index (κ1) is 17.5. The molecule has 0 unspecified atom stereocenters. The molecular formula is C19H25N3O3. The summed E-state index contributed by atoms with van der Waals surface area (Å²) in [6.07, 6.45) is 3.65. The molecule has 0 atom stereocenters. The lowest BCUT2D eigenvalue weighted by Crippen LogP contribution is -2.40. The summed E-state index contributed by atoms with van der Waals surface area (Å²) in [4.78, 5) is 26.1. The number of amides is 1. The van der Waals surface area contributed by atoms with Crippen LogP contribution in [0.2, 0.25) is 0 Å². The van der Waals surface area contributed by atoms with Gasteiger partial charge in [-0.25, -0.2) is 0 Å². The molecule has 0 spiro atoms. The average molecular weight is 343 g/mol. The van der Waals surface area contributed by atoms with Gasteiger partial charge < -0.3 is 9.64 Å². The molecular weight excluding hydrogens is 318 g/mol. The van der Waals surface area contributed by atoms with Gasteiger partial charge in [-0.2, -0.15) is 5.10 Å². The van der Waals surface area contributed by atoms with E-state index in [1.165, 1.54) is 5.56 Å². The van der Waals surface area contributed by atoms with Crippen molar-refractivity contribution in [2.75, 3.05) is 19.7 Å². The smallest absolute Gasteiger partial charge is 0.309 e. The molecule has 134 valence electrons. The molecule has 1 aliphatic heterocycles. The second kappa shape index (κ2) is 7.68. The molecule has 2 heterocycles. The third kappa shape index (κ3) is 4.00. The van der Waals surface area contributed by atoms with Crippen LogP contribution in [-0.2, 0) is 20.9 Å². The quantitative estimate of drug-likeness (QED) is 0.783. The number of benzene rings is 1. The van der Waals surface area contributed by atoms with Crippen molar-refractivity contribution in [2.45, 2.75) is 39.7 Å². The summed E-state index contributed by atoms with van der Waals surface area (Å²) in [5, 5.41) is 5.49. The van der Waals surface area contributed by atoms with Gasteiger partial charge in [0.2, 0.25) is 5.91 Å². The number of likely N-dealkylation sites (tertiary alicyclic amines) is 1. The van der Waals surface area contributed by atoms with E-state index in [1.807, 2.05) is 28.8 Å². The number of aryl methyl sites for hydroxylation is 2. The van der Waals surface area contributed by atoms with Crippen molar-refractivity contribution in [1.29, 1.82) is 0 Å². The molecule has 2 aromatic rings. The Balaban J connectivity index is 1.52. The van der Waals surface area contributed by atoms with Crippen LogP contribution in [0, 0.1) is 12.8 Å². The van der Waals surface area contributed by atoms with Crippen LogP contribution in [0.1, 0.15) is 31.7 Å². The van der Waals surface area contributed by atoms with Gasteiger partial charge in [0.05, 0.1) is 30.8 Å². The van der Waals surface area contributed by atoms with Crippen molar-refractivity contribution >= 4 is 22.8 Å². The fourth-order valence-corrected chi connectivity index (χ4v) is 3.37. The van der Waals surface area contributed by atoms with E-state index in [0.29, 0.717) is 45.5 Å². The lowest BCUT2D eigenvalue weighted by atomic mass is 9.97. The Hall–Kier alpha value is -2.37. The van der Waals surface area contributed by atoms with E-state index in [1.54, 1.807) is 0 Å². The summed E-state index contributed by atoms with van der Waals surface area (Å²) in [7, 11) is 0. The van der Waals surface area contributed by atoms with Crippen molar-refractivity contribution in [3.8, 4) is 0 Å². The number of carbonyl (C=O) groups is 2. The normalized spacial score (nSPS) is 15.5. The first-order valence-electron chi connectivity index (χ1n) is 8.95. The second-order valence-electron chi connectivity index (χ2n) is 6.59. The molecule has 6 heteroatoms. The lowest BCUT2D eigenvalue weighted by molar-refractivity contribution is -0.151. The zero-order valence-electron chi connectivity index (χ0n) is 14.9. The monoisotopic (exact) mass is 343 g/mol. The Morgan fingerprint density at radius 3 is 2.76 bits per heavy atom. The van der Waals surface area contributed by atoms with Gasteiger partial charge in [-0.05, 0) is 38.8 Å². The first-order valence-corrected chi connectivity index (χ1v) is 8.95. The van der Waals surface area contributed by atoms with E-state index >= 15 is 0 Å². The van der Waals surface area contributed by atoms with Gasteiger partial charge >= 0.3 is 5.97 Å². The molecule has 1 aromatic carbocycles. The number of nitrogens with zero attached hydrogens (tertiary/aromatic N) is 3. The van der Waals surface area contributed by atoms with Crippen LogP contribution in [0.3, 0.4) is 0 Å². The van der Waals surface area contributed by atoms with Gasteiger partial charge in [0.15, 0.2) is 0 Å². The van der Waals surface area contributed by atoms with Crippen LogP contribution in [0.25, 0.3) is 10.9 Å². The minimum absolute atomic E-state index is 0.0673. The summed E-state index contributed by atoms with van der Waals surface area (Å²) in [6.45, 7) is 6.11. The lowest BCUT2D eigenvalue weighted by Gasteiger charge is -2.31. The molecule has 1 amide bonds. The van der Waals surface area contributed by atoms with Gasteiger partial charge in [-0.1, -0.05) is 11.6 Å². The van der Waals surface area contributed by atoms with Crippen molar-refractivity contribution in [1.82, 2.24) is 14.7 Å². The van der Waals surface area contributed by atoms with Crippen molar-refractivity contribution in [2.24, 2.45) is 5.92 Å². The second-order valence-corrected chi connectivity index (χ2v) is 6.59. The van der Waals surface area contributed by atoms with E-state index in [0.717, 1.165) is 10.9 Å². The summed E-state index contributed by atoms with van der Waals surface area (Å²) >= 11 is 0. The van der Waals surface area contributed by atoms with E-state index < -0.39 is 0 Å².